The summed E-state index contributed by atoms with van der Waals surface area (Å²) >= 11 is 0. The smallest absolute Gasteiger partial charge is 0.414 e. The van der Waals surface area contributed by atoms with Gasteiger partial charge in [0.1, 0.15) is 30.5 Å². The zero-order valence-corrected chi connectivity index (χ0v) is 48.7. The molecule has 81 heavy (non-hydrogen) atoms. The zero-order valence-electron chi connectivity index (χ0n) is 48.7. The van der Waals surface area contributed by atoms with E-state index in [2.05, 4.69) is 5.32 Å². The number of nitrogens with two attached hydrogens (primary N) is 1. The molecule has 2 rings (SSSR count). The van der Waals surface area contributed by atoms with Gasteiger partial charge in [0.2, 0.25) is 0 Å². The number of unbranched alkanes of at least 4 members (excludes halogenated alkanes) is 1. The van der Waals surface area contributed by atoms with E-state index in [0.29, 0.717) is 108 Å². The number of carbonyl (C=O) groups is 3. The normalized spacial score (nSPS) is 36.4. The van der Waals surface area contributed by atoms with Crippen LogP contribution in [-0.2, 0) is 28.6 Å². The number of guanidine groups is 1. The fourth-order valence-corrected chi connectivity index (χ4v) is 10.4. The number of rotatable bonds is 12. The summed E-state index contributed by atoms with van der Waals surface area (Å²) in [4.78, 5) is 32.4. The molecule has 0 radical (unpaired) electrons. The molecule has 1 saturated heterocycles. The minimum atomic E-state index is -1.82. The van der Waals surface area contributed by atoms with Crippen LogP contribution in [0.1, 0.15) is 176 Å². The van der Waals surface area contributed by atoms with E-state index in [4.69, 9.17) is 45.2 Å². The Morgan fingerprint density at radius 3 is 1.85 bits per heavy atom. The van der Waals surface area contributed by atoms with Crippen molar-refractivity contribution in [2.24, 2.45) is 29.4 Å². The first-order valence-corrected chi connectivity index (χ1v) is 29.2. The number of cyclic esters (lactones) is 1. The van der Waals surface area contributed by atoms with E-state index >= 15 is 0 Å². The lowest BCUT2D eigenvalue weighted by atomic mass is 9.84. The van der Waals surface area contributed by atoms with Gasteiger partial charge in [0.15, 0.2) is 12.2 Å². The summed E-state index contributed by atoms with van der Waals surface area (Å²) in [5.74, 6) is -6.43. The number of hydrogen-bond acceptors (Lipinski definition) is 20. The third-order valence-corrected chi connectivity index (χ3v) is 15.5. The molecule has 0 aromatic carbocycles. The van der Waals surface area contributed by atoms with Crippen molar-refractivity contribution in [2.45, 2.75) is 274 Å². The van der Waals surface area contributed by atoms with Gasteiger partial charge in [0, 0.05) is 24.8 Å². The molecule has 2 heterocycles. The van der Waals surface area contributed by atoms with Crippen LogP contribution in [0.4, 0.5) is 0 Å². The predicted octanol–water partition coefficient (Wildman–Crippen LogP) is 1.61. The number of hydrogen-bond donors (Lipinski definition) is 18. The number of esters is 1. The lowest BCUT2D eigenvalue weighted by Gasteiger charge is -2.34. The van der Waals surface area contributed by atoms with Gasteiger partial charge in [-0.1, -0.05) is 64.7 Å². The Morgan fingerprint density at radius 2 is 1.30 bits per heavy atom. The number of carbonyl (C=O) groups excluding carboxylic acids is 1. The highest BCUT2D eigenvalue weighted by Gasteiger charge is 2.45. The first-order chi connectivity index (χ1) is 38.0. The minimum absolute atomic E-state index is 0.0277. The fraction of sp³-hybridized carbons (Fsp3) is 0.860. The predicted molar refractivity (Wildman–Crippen MR) is 299 cm³/mol. The van der Waals surface area contributed by atoms with Crippen LogP contribution in [0.2, 0.25) is 0 Å². The van der Waals surface area contributed by atoms with Crippen LogP contribution in [0.15, 0.2) is 23.3 Å². The van der Waals surface area contributed by atoms with Crippen LogP contribution in [0.3, 0.4) is 0 Å². The van der Waals surface area contributed by atoms with Crippen LogP contribution in [-0.4, -0.2) is 211 Å². The van der Waals surface area contributed by atoms with E-state index in [0.717, 1.165) is 12.0 Å². The number of aliphatic hydroxyl groups excluding tert-OH is 13. The molecule has 0 bridgehead atoms. The van der Waals surface area contributed by atoms with E-state index in [1.807, 2.05) is 40.7 Å². The standard InChI is InChI=1S/C55H103N3O17.C2H2O4/c1-7-8-19-43-49(69)33(3)22-23-38(61)17-11-16-37(60)18-12-20-44(66)34(4)26-47(73-54-51(71)50(70)48(31-59)74-54)46(68)30-42(65)29-41(64)28-40(63)27-39(62)15-10-9-14-32(2)25-35(5)52(75-53(43)72)36(6)45(67)21-13-24-58-55(56)57;3-1(4)2(5)6/h25-26,33,35-52,54,59-71H,7-24,27-31H2,1-6H3,(H4,56,57,58);(H,3,4)(H,5,6)/b32-25+,34-26+;/t33?,35?,36?,37?,38?,39?,40?,41?,42?,43?,44?,45?,46?,47?,48-,49?,50-,51+,52?,54+;/m1./s1. The van der Waals surface area contributed by atoms with Crippen molar-refractivity contribution in [3.8, 4) is 0 Å². The molecule has 0 amide bonds. The molecule has 1 fully saturated rings. The molecule has 474 valence electrons. The maximum Gasteiger partial charge on any atom is 0.414 e. The van der Waals surface area contributed by atoms with Crippen molar-refractivity contribution >= 4 is 23.9 Å². The Bertz CT molecular complexity index is 1820. The Balaban J connectivity index is 0.00000516. The molecule has 20 atom stereocenters. The number of aliphatic carboxylic acids is 2. The van der Waals surface area contributed by atoms with Crippen LogP contribution in [0.5, 0.6) is 0 Å². The van der Waals surface area contributed by atoms with Crippen LogP contribution < -0.4 is 11.1 Å². The van der Waals surface area contributed by atoms with E-state index < -0.39 is 134 Å². The van der Waals surface area contributed by atoms with E-state index in [1.54, 1.807) is 6.92 Å². The molecule has 2 aliphatic heterocycles. The third kappa shape index (κ3) is 30.8. The Labute approximate surface area is 478 Å². The van der Waals surface area contributed by atoms with Crippen LogP contribution >= 0.6 is 0 Å². The molecule has 0 aliphatic carbocycles. The first-order valence-electron chi connectivity index (χ1n) is 29.2. The molecule has 2 aliphatic rings. The van der Waals surface area contributed by atoms with E-state index in [-0.39, 0.29) is 49.9 Å². The van der Waals surface area contributed by atoms with Gasteiger partial charge >= 0.3 is 17.9 Å². The summed E-state index contributed by atoms with van der Waals surface area (Å²) in [6, 6.07) is 0. The van der Waals surface area contributed by atoms with Crippen molar-refractivity contribution in [3.05, 3.63) is 23.3 Å². The van der Waals surface area contributed by atoms with Gasteiger partial charge in [-0.15, -0.1) is 0 Å². The van der Waals surface area contributed by atoms with E-state index in [1.165, 1.54) is 6.08 Å². The van der Waals surface area contributed by atoms with Gasteiger partial charge in [-0.3, -0.25) is 10.2 Å². The molecule has 24 heteroatoms. The average Bonchev–Trinajstić information content (AvgIpc) is 3.66. The second kappa shape index (κ2) is 40.8. The van der Waals surface area contributed by atoms with Crippen LogP contribution in [0, 0.1) is 29.1 Å². The molecule has 0 aromatic heterocycles. The first kappa shape index (κ1) is 75.6. The summed E-state index contributed by atoms with van der Waals surface area (Å²) < 4.78 is 17.7. The molecular formula is C57H105N3O21. The quantitative estimate of drug-likeness (QED) is 0.0330. The SMILES string of the molecule is CCCCC1C(=O)OC(C(C)C(O)CCCNC(=N)N)C(C)/C=C(\C)CCCCC(O)CC(O)CC(O)CC(O)CC(O)C(O[C@H]2O[C@H](CO)[C@@H](O)[C@@H]2O)/C=C(\C)C(O)CCCC(O)CCCC(O)CCC(C)C1O.O=C(O)C(=O)O. The van der Waals surface area contributed by atoms with Gasteiger partial charge in [0.25, 0.3) is 0 Å². The maximum absolute atomic E-state index is 14.2. The highest BCUT2D eigenvalue weighted by atomic mass is 16.7. The summed E-state index contributed by atoms with van der Waals surface area (Å²) in [6.07, 6.45) is -7.44. The summed E-state index contributed by atoms with van der Waals surface area (Å²) in [7, 11) is 0. The lowest BCUT2D eigenvalue weighted by Crippen LogP contribution is -2.42. The second-order valence-electron chi connectivity index (χ2n) is 22.9. The number of aliphatic hydroxyl groups is 13. The number of carboxylic acids is 2. The van der Waals surface area contributed by atoms with E-state index in [9.17, 15) is 71.2 Å². The van der Waals surface area contributed by atoms with Crippen molar-refractivity contribution in [3.63, 3.8) is 0 Å². The summed E-state index contributed by atoms with van der Waals surface area (Å²) in [6.45, 7) is 10.9. The number of nitrogens with one attached hydrogen (secondary N) is 2. The maximum atomic E-state index is 14.2. The van der Waals surface area contributed by atoms with Crippen molar-refractivity contribution in [1.29, 1.82) is 5.41 Å². The lowest BCUT2D eigenvalue weighted by molar-refractivity contribution is -0.202. The third-order valence-electron chi connectivity index (χ3n) is 15.5. The molecule has 19 N–H and O–H groups in total. The molecular weight excluding hydrogens is 1060 g/mol. The molecule has 24 nitrogen and oxygen atoms in total. The zero-order chi connectivity index (χ0) is 61.5. The largest absolute Gasteiger partial charge is 0.473 e. The van der Waals surface area contributed by atoms with Crippen LogP contribution in [0.25, 0.3) is 0 Å². The molecule has 16 unspecified atom stereocenters. The second-order valence-corrected chi connectivity index (χ2v) is 22.9. The topological polar surface area (TPSA) is 444 Å². The van der Waals surface area contributed by atoms with Crippen molar-refractivity contribution in [2.75, 3.05) is 13.2 Å². The number of carboxylic acid groups (broad SMARTS) is 2. The Morgan fingerprint density at radius 1 is 0.741 bits per heavy atom. The highest BCUT2D eigenvalue weighted by Crippen LogP contribution is 2.32. The van der Waals surface area contributed by atoms with Gasteiger partial charge in [-0.05, 0) is 134 Å². The summed E-state index contributed by atoms with van der Waals surface area (Å²) in [5, 5.41) is 166. The van der Waals surface area contributed by atoms with Crippen molar-refractivity contribution in [1.82, 2.24) is 5.32 Å². The monoisotopic (exact) mass is 1170 g/mol. The minimum Gasteiger partial charge on any atom is -0.473 e. The molecule has 0 saturated carbocycles. The van der Waals surface area contributed by atoms with Gasteiger partial charge in [-0.25, -0.2) is 9.59 Å². The van der Waals surface area contributed by atoms with Gasteiger partial charge < -0.3 is 102 Å². The summed E-state index contributed by atoms with van der Waals surface area (Å²) in [5.41, 5.74) is 6.80. The highest BCUT2D eigenvalue weighted by molar-refractivity contribution is 6.27. The molecule has 0 aromatic rings. The fourth-order valence-electron chi connectivity index (χ4n) is 10.4. The van der Waals surface area contributed by atoms with Gasteiger partial charge in [0.05, 0.1) is 73.6 Å². The number of allylic oxidation sites excluding steroid dienone is 1. The Kier molecular flexibility index (Phi) is 38.0. The van der Waals surface area contributed by atoms with Crippen molar-refractivity contribution < 1.29 is 105 Å². The number of ether oxygens (including phenoxy) is 3. The molecule has 0 spiro atoms. The Hall–Kier alpha value is -3.44. The van der Waals surface area contributed by atoms with Gasteiger partial charge in [-0.2, -0.15) is 0 Å². The average molecular weight is 1170 g/mol.